The van der Waals surface area contributed by atoms with E-state index >= 15 is 0 Å². The van der Waals surface area contributed by atoms with Crippen molar-refractivity contribution in [1.82, 2.24) is 10.2 Å². The van der Waals surface area contributed by atoms with E-state index in [1.54, 1.807) is 17.1 Å². The van der Waals surface area contributed by atoms with Crippen molar-refractivity contribution in [2.24, 2.45) is 5.92 Å². The molecule has 18 heavy (non-hydrogen) atoms. The van der Waals surface area contributed by atoms with Crippen LogP contribution >= 0.6 is 12.4 Å². The van der Waals surface area contributed by atoms with Crippen LogP contribution in [0, 0.1) is 5.92 Å². The zero-order valence-electron chi connectivity index (χ0n) is 11.1. The second kappa shape index (κ2) is 10.2. The third kappa shape index (κ3) is 6.22. The molecule has 104 valence electrons. The molecule has 1 saturated heterocycles. The van der Waals surface area contributed by atoms with Gasteiger partial charge in [0.05, 0.1) is 0 Å². The van der Waals surface area contributed by atoms with Gasteiger partial charge >= 0.3 is 0 Å². The van der Waals surface area contributed by atoms with Gasteiger partial charge in [-0.05, 0) is 38.3 Å². The van der Waals surface area contributed by atoms with Crippen molar-refractivity contribution in [2.75, 3.05) is 26.2 Å². The van der Waals surface area contributed by atoms with E-state index in [2.05, 4.69) is 18.5 Å². The van der Waals surface area contributed by atoms with Crippen LogP contribution in [0.1, 0.15) is 25.7 Å². The average Bonchev–Trinajstić information content (AvgIpc) is 2.37. The van der Waals surface area contributed by atoms with Gasteiger partial charge in [-0.15, -0.1) is 25.6 Å². The molecule has 1 amide bonds. The fourth-order valence-corrected chi connectivity index (χ4v) is 2.25. The second-order valence-electron chi connectivity index (χ2n) is 4.61. The summed E-state index contributed by atoms with van der Waals surface area (Å²) in [7, 11) is 0. The number of carbonyl (C=O) groups excluding carboxylic acids is 1. The summed E-state index contributed by atoms with van der Waals surface area (Å²) in [5, 5.41) is 3.34. The Morgan fingerprint density at radius 3 is 2.28 bits per heavy atom. The second-order valence-corrected chi connectivity index (χ2v) is 4.61. The summed E-state index contributed by atoms with van der Waals surface area (Å²) in [5.41, 5.74) is 0. The Hall–Kier alpha value is -0.800. The van der Waals surface area contributed by atoms with E-state index in [0.717, 1.165) is 25.4 Å². The van der Waals surface area contributed by atoms with E-state index in [-0.39, 0.29) is 18.3 Å². The molecule has 1 fully saturated rings. The summed E-state index contributed by atoms with van der Waals surface area (Å²) in [6.45, 7) is 10.8. The van der Waals surface area contributed by atoms with Gasteiger partial charge in [0, 0.05) is 19.5 Å². The van der Waals surface area contributed by atoms with E-state index in [9.17, 15) is 4.79 Å². The van der Waals surface area contributed by atoms with Crippen molar-refractivity contribution in [3.63, 3.8) is 0 Å². The van der Waals surface area contributed by atoms with Crippen LogP contribution < -0.4 is 5.32 Å². The van der Waals surface area contributed by atoms with E-state index in [0.29, 0.717) is 19.5 Å². The first-order valence-corrected chi connectivity index (χ1v) is 6.48. The van der Waals surface area contributed by atoms with Crippen molar-refractivity contribution in [3.8, 4) is 0 Å². The minimum Gasteiger partial charge on any atom is -0.335 e. The summed E-state index contributed by atoms with van der Waals surface area (Å²) < 4.78 is 0. The minimum absolute atomic E-state index is 0. The van der Waals surface area contributed by atoms with Gasteiger partial charge in [-0.25, -0.2) is 0 Å². The molecule has 0 bridgehead atoms. The van der Waals surface area contributed by atoms with Crippen LogP contribution in [0.2, 0.25) is 0 Å². The number of piperidine rings is 1. The Kier molecular flexibility index (Phi) is 9.70. The van der Waals surface area contributed by atoms with Gasteiger partial charge in [0.2, 0.25) is 5.91 Å². The van der Waals surface area contributed by atoms with Crippen LogP contribution in [0.5, 0.6) is 0 Å². The van der Waals surface area contributed by atoms with Gasteiger partial charge in [0.15, 0.2) is 0 Å². The molecule has 1 heterocycles. The Labute approximate surface area is 117 Å². The highest BCUT2D eigenvalue weighted by molar-refractivity contribution is 5.85. The predicted octanol–water partition coefficient (Wildman–Crippen LogP) is 2.39. The van der Waals surface area contributed by atoms with Crippen LogP contribution in [0.4, 0.5) is 0 Å². The molecular formula is C14H25ClN2O. The van der Waals surface area contributed by atoms with Gasteiger partial charge in [-0.2, -0.15) is 0 Å². The summed E-state index contributed by atoms with van der Waals surface area (Å²) in [4.78, 5) is 13.8. The molecule has 1 rings (SSSR count). The number of rotatable bonds is 7. The highest BCUT2D eigenvalue weighted by atomic mass is 35.5. The standard InChI is InChI=1S/C14H24N2O.ClH/c1-3-11-16(12-4-2)14(17)6-5-13-7-9-15-10-8-13;/h3-4,13,15H,1-2,5-12H2;1H. The van der Waals surface area contributed by atoms with Crippen LogP contribution in [0.15, 0.2) is 25.3 Å². The zero-order chi connectivity index (χ0) is 12.5. The van der Waals surface area contributed by atoms with Gasteiger partial charge in [0.25, 0.3) is 0 Å². The first-order valence-electron chi connectivity index (χ1n) is 6.48. The average molecular weight is 273 g/mol. The van der Waals surface area contributed by atoms with Crippen LogP contribution in [-0.4, -0.2) is 37.0 Å². The normalized spacial score (nSPS) is 15.6. The van der Waals surface area contributed by atoms with E-state index < -0.39 is 0 Å². The molecule has 0 aliphatic carbocycles. The van der Waals surface area contributed by atoms with E-state index in [4.69, 9.17) is 0 Å². The number of nitrogens with one attached hydrogen (secondary N) is 1. The Morgan fingerprint density at radius 2 is 1.78 bits per heavy atom. The number of hydrogen-bond acceptors (Lipinski definition) is 2. The lowest BCUT2D eigenvalue weighted by Gasteiger charge is -2.24. The number of hydrogen-bond donors (Lipinski definition) is 1. The fourth-order valence-electron chi connectivity index (χ4n) is 2.25. The lowest BCUT2D eigenvalue weighted by molar-refractivity contribution is -0.130. The number of carbonyl (C=O) groups is 1. The van der Waals surface area contributed by atoms with Gasteiger partial charge < -0.3 is 10.2 Å². The third-order valence-electron chi connectivity index (χ3n) is 3.28. The maximum absolute atomic E-state index is 12.0. The Morgan fingerprint density at radius 1 is 1.22 bits per heavy atom. The molecule has 3 nitrogen and oxygen atoms in total. The third-order valence-corrected chi connectivity index (χ3v) is 3.28. The largest absolute Gasteiger partial charge is 0.335 e. The molecule has 0 atom stereocenters. The molecule has 0 aromatic carbocycles. The number of nitrogens with zero attached hydrogens (tertiary/aromatic N) is 1. The summed E-state index contributed by atoms with van der Waals surface area (Å²) in [5.74, 6) is 0.942. The molecule has 0 aromatic rings. The van der Waals surface area contributed by atoms with Crippen LogP contribution in [-0.2, 0) is 4.79 Å². The van der Waals surface area contributed by atoms with Gasteiger partial charge in [-0.1, -0.05) is 12.2 Å². The first kappa shape index (κ1) is 17.2. The minimum atomic E-state index is 0. The van der Waals surface area contributed by atoms with E-state index in [1.165, 1.54) is 12.8 Å². The molecule has 1 aliphatic rings. The summed E-state index contributed by atoms with van der Waals surface area (Å²) >= 11 is 0. The lowest BCUT2D eigenvalue weighted by atomic mass is 9.93. The molecule has 1 aliphatic heterocycles. The van der Waals surface area contributed by atoms with Crippen molar-refractivity contribution in [3.05, 3.63) is 25.3 Å². The molecule has 4 heteroatoms. The van der Waals surface area contributed by atoms with Crippen molar-refractivity contribution >= 4 is 18.3 Å². The quantitative estimate of drug-likeness (QED) is 0.722. The topological polar surface area (TPSA) is 32.3 Å². The highest BCUT2D eigenvalue weighted by Gasteiger charge is 2.16. The number of halogens is 1. The summed E-state index contributed by atoms with van der Waals surface area (Å²) in [6.07, 6.45) is 7.63. The first-order chi connectivity index (χ1) is 8.27. The molecule has 0 radical (unpaired) electrons. The van der Waals surface area contributed by atoms with Gasteiger partial charge in [-0.3, -0.25) is 4.79 Å². The monoisotopic (exact) mass is 272 g/mol. The van der Waals surface area contributed by atoms with E-state index in [1.807, 2.05) is 0 Å². The maximum atomic E-state index is 12.0. The van der Waals surface area contributed by atoms with Crippen LogP contribution in [0.3, 0.4) is 0 Å². The highest BCUT2D eigenvalue weighted by Crippen LogP contribution is 2.18. The number of amides is 1. The van der Waals surface area contributed by atoms with Crippen molar-refractivity contribution in [1.29, 1.82) is 0 Å². The SMILES string of the molecule is C=CCN(CC=C)C(=O)CCC1CCNCC1.Cl. The van der Waals surface area contributed by atoms with Crippen molar-refractivity contribution < 1.29 is 4.79 Å². The molecule has 0 unspecified atom stereocenters. The van der Waals surface area contributed by atoms with Crippen molar-refractivity contribution in [2.45, 2.75) is 25.7 Å². The molecule has 0 saturated carbocycles. The zero-order valence-corrected chi connectivity index (χ0v) is 11.9. The summed E-state index contributed by atoms with van der Waals surface area (Å²) in [6, 6.07) is 0. The van der Waals surface area contributed by atoms with Gasteiger partial charge in [0.1, 0.15) is 0 Å². The molecule has 1 N–H and O–H groups in total. The molecular weight excluding hydrogens is 248 g/mol. The maximum Gasteiger partial charge on any atom is 0.223 e. The Balaban J connectivity index is 0.00000289. The predicted molar refractivity (Wildman–Crippen MR) is 79.0 cm³/mol. The fraction of sp³-hybridized carbons (Fsp3) is 0.643. The molecule has 0 spiro atoms. The Bertz CT molecular complexity index is 253. The smallest absolute Gasteiger partial charge is 0.223 e. The van der Waals surface area contributed by atoms with Crippen LogP contribution in [0.25, 0.3) is 0 Å². The molecule has 0 aromatic heterocycles. The lowest BCUT2D eigenvalue weighted by Crippen LogP contribution is -2.32.